The first-order valence-corrected chi connectivity index (χ1v) is 8.17. The number of hydrogen-bond donors (Lipinski definition) is 0. The molecule has 0 saturated carbocycles. The molecule has 0 N–H and O–H groups in total. The van der Waals surface area contributed by atoms with Crippen molar-refractivity contribution in [2.24, 2.45) is 0 Å². The van der Waals surface area contributed by atoms with Crippen molar-refractivity contribution in [1.82, 2.24) is 4.40 Å². The van der Waals surface area contributed by atoms with Crippen molar-refractivity contribution in [2.45, 2.75) is 6.61 Å². The maximum Gasteiger partial charge on any atom is 0.167 e. The lowest BCUT2D eigenvalue weighted by molar-refractivity contribution is 0.111. The fourth-order valence-corrected chi connectivity index (χ4v) is 2.97. The summed E-state index contributed by atoms with van der Waals surface area (Å²) in [6, 6.07) is 25.8. The van der Waals surface area contributed by atoms with E-state index in [1.54, 1.807) is 0 Å². The minimum Gasteiger partial charge on any atom is -0.489 e. The van der Waals surface area contributed by atoms with Crippen LogP contribution in [-0.2, 0) is 6.61 Å². The fourth-order valence-electron chi connectivity index (χ4n) is 2.97. The number of aldehydes is 1. The van der Waals surface area contributed by atoms with E-state index >= 15 is 0 Å². The summed E-state index contributed by atoms with van der Waals surface area (Å²) in [5, 5.41) is 0. The van der Waals surface area contributed by atoms with Gasteiger partial charge in [-0.3, -0.25) is 4.79 Å². The van der Waals surface area contributed by atoms with Crippen molar-refractivity contribution in [3.63, 3.8) is 0 Å². The van der Waals surface area contributed by atoms with Gasteiger partial charge in [-0.05, 0) is 41.5 Å². The lowest BCUT2D eigenvalue weighted by atomic mass is 10.1. The zero-order valence-corrected chi connectivity index (χ0v) is 13.6. The second-order valence-electron chi connectivity index (χ2n) is 5.86. The van der Waals surface area contributed by atoms with E-state index in [2.05, 4.69) is 0 Å². The molecule has 0 aliphatic heterocycles. The van der Waals surface area contributed by atoms with E-state index < -0.39 is 0 Å². The SMILES string of the molecule is O=Cc1c(-c2ccc(OCc3ccccc3)cc2)cc2ccccn12. The molecule has 4 rings (SSSR count). The molecule has 3 nitrogen and oxygen atoms in total. The Morgan fingerprint density at radius 1 is 0.880 bits per heavy atom. The first-order chi connectivity index (χ1) is 12.3. The number of benzene rings is 2. The first-order valence-electron chi connectivity index (χ1n) is 8.17. The highest BCUT2D eigenvalue weighted by atomic mass is 16.5. The molecule has 122 valence electrons. The smallest absolute Gasteiger partial charge is 0.167 e. The number of rotatable bonds is 5. The molecular formula is C22H17NO2. The predicted molar refractivity (Wildman–Crippen MR) is 99.0 cm³/mol. The molecule has 0 radical (unpaired) electrons. The van der Waals surface area contributed by atoms with Crippen LogP contribution in [0.5, 0.6) is 5.75 Å². The number of aromatic nitrogens is 1. The summed E-state index contributed by atoms with van der Waals surface area (Å²) in [7, 11) is 0. The molecule has 0 unspecified atom stereocenters. The van der Waals surface area contributed by atoms with Gasteiger partial charge in [-0.2, -0.15) is 0 Å². The Morgan fingerprint density at radius 3 is 2.40 bits per heavy atom. The van der Waals surface area contributed by atoms with Gasteiger partial charge in [0.15, 0.2) is 6.29 Å². The highest BCUT2D eigenvalue weighted by molar-refractivity contribution is 5.89. The molecule has 0 atom stereocenters. The van der Waals surface area contributed by atoms with Gasteiger partial charge in [-0.1, -0.05) is 48.5 Å². The Bertz CT molecular complexity index is 1000. The Balaban J connectivity index is 1.59. The number of carbonyl (C=O) groups is 1. The van der Waals surface area contributed by atoms with Crippen molar-refractivity contribution >= 4 is 11.8 Å². The molecule has 0 bridgehead atoms. The molecule has 3 heteroatoms. The van der Waals surface area contributed by atoms with Crippen molar-refractivity contribution in [3.8, 4) is 16.9 Å². The Hall–Kier alpha value is -3.33. The van der Waals surface area contributed by atoms with Crippen LogP contribution in [0.15, 0.2) is 85.1 Å². The van der Waals surface area contributed by atoms with Gasteiger partial charge in [-0.15, -0.1) is 0 Å². The van der Waals surface area contributed by atoms with Crippen molar-refractivity contribution in [2.75, 3.05) is 0 Å². The third-order valence-electron chi connectivity index (χ3n) is 4.24. The summed E-state index contributed by atoms with van der Waals surface area (Å²) in [5.41, 5.74) is 4.72. The summed E-state index contributed by atoms with van der Waals surface area (Å²) in [5.74, 6) is 0.809. The molecule has 0 aliphatic rings. The summed E-state index contributed by atoms with van der Waals surface area (Å²) < 4.78 is 7.73. The second-order valence-corrected chi connectivity index (χ2v) is 5.86. The molecule has 0 amide bonds. The fraction of sp³-hybridized carbons (Fsp3) is 0.0455. The van der Waals surface area contributed by atoms with Crippen molar-refractivity contribution in [1.29, 1.82) is 0 Å². The van der Waals surface area contributed by atoms with Crippen LogP contribution < -0.4 is 4.74 Å². The van der Waals surface area contributed by atoms with Gasteiger partial charge >= 0.3 is 0 Å². The summed E-state index contributed by atoms with van der Waals surface area (Å²) in [6.45, 7) is 0.538. The quantitative estimate of drug-likeness (QED) is 0.483. The number of nitrogens with zero attached hydrogens (tertiary/aromatic N) is 1. The Labute approximate surface area is 146 Å². The monoisotopic (exact) mass is 327 g/mol. The van der Waals surface area contributed by atoms with E-state index in [0.717, 1.165) is 34.2 Å². The van der Waals surface area contributed by atoms with Crippen LogP contribution in [0.2, 0.25) is 0 Å². The summed E-state index contributed by atoms with van der Waals surface area (Å²) >= 11 is 0. The third-order valence-corrected chi connectivity index (χ3v) is 4.24. The minimum absolute atomic E-state index is 0.538. The van der Waals surface area contributed by atoms with Crippen LogP contribution >= 0.6 is 0 Å². The van der Waals surface area contributed by atoms with Gasteiger partial charge < -0.3 is 9.14 Å². The summed E-state index contributed by atoms with van der Waals surface area (Å²) in [4.78, 5) is 11.6. The normalized spacial score (nSPS) is 10.7. The molecule has 25 heavy (non-hydrogen) atoms. The van der Waals surface area contributed by atoms with Crippen LogP contribution in [0.3, 0.4) is 0 Å². The van der Waals surface area contributed by atoms with E-state index in [-0.39, 0.29) is 0 Å². The van der Waals surface area contributed by atoms with E-state index in [1.807, 2.05) is 89.5 Å². The highest BCUT2D eigenvalue weighted by Crippen LogP contribution is 2.28. The maximum absolute atomic E-state index is 11.6. The largest absolute Gasteiger partial charge is 0.489 e. The Morgan fingerprint density at radius 2 is 1.64 bits per heavy atom. The standard InChI is InChI=1S/C22H17NO2/c24-15-22-21(14-19-8-4-5-13-23(19)22)18-9-11-20(12-10-18)25-16-17-6-2-1-3-7-17/h1-15H,16H2. The van der Waals surface area contributed by atoms with E-state index in [1.165, 1.54) is 0 Å². The molecule has 2 heterocycles. The first kappa shape index (κ1) is 15.2. The average Bonchev–Trinajstić information content (AvgIpc) is 3.06. The van der Waals surface area contributed by atoms with Crippen LogP contribution in [0, 0.1) is 0 Å². The molecule has 0 spiro atoms. The van der Waals surface area contributed by atoms with Gasteiger partial charge in [0, 0.05) is 17.3 Å². The van der Waals surface area contributed by atoms with Crippen LogP contribution in [0.4, 0.5) is 0 Å². The number of pyridine rings is 1. The van der Waals surface area contributed by atoms with Crippen LogP contribution in [0.25, 0.3) is 16.6 Å². The van der Waals surface area contributed by atoms with Crippen LogP contribution in [0.1, 0.15) is 16.1 Å². The number of fused-ring (bicyclic) bond motifs is 1. The molecule has 2 aromatic heterocycles. The minimum atomic E-state index is 0.538. The van der Waals surface area contributed by atoms with Crippen LogP contribution in [-0.4, -0.2) is 10.7 Å². The zero-order chi connectivity index (χ0) is 17.1. The number of carbonyl (C=O) groups excluding carboxylic acids is 1. The molecule has 0 aliphatic carbocycles. The van der Waals surface area contributed by atoms with E-state index in [4.69, 9.17) is 4.74 Å². The van der Waals surface area contributed by atoms with Gasteiger partial charge in [0.1, 0.15) is 12.4 Å². The third kappa shape index (κ3) is 3.04. The van der Waals surface area contributed by atoms with Gasteiger partial charge in [0.25, 0.3) is 0 Å². The Kier molecular flexibility index (Phi) is 4.05. The van der Waals surface area contributed by atoms with Gasteiger partial charge in [0.05, 0.1) is 5.69 Å². The molecule has 2 aromatic carbocycles. The number of ether oxygens (including phenoxy) is 1. The van der Waals surface area contributed by atoms with Gasteiger partial charge in [-0.25, -0.2) is 0 Å². The number of hydrogen-bond acceptors (Lipinski definition) is 2. The average molecular weight is 327 g/mol. The van der Waals surface area contributed by atoms with Crippen molar-refractivity contribution < 1.29 is 9.53 Å². The van der Waals surface area contributed by atoms with E-state index in [9.17, 15) is 4.79 Å². The molecule has 0 fully saturated rings. The van der Waals surface area contributed by atoms with Gasteiger partial charge in [0.2, 0.25) is 0 Å². The highest BCUT2D eigenvalue weighted by Gasteiger charge is 2.11. The lowest BCUT2D eigenvalue weighted by Gasteiger charge is -2.07. The molecule has 4 aromatic rings. The maximum atomic E-state index is 11.6. The van der Waals surface area contributed by atoms with Crippen molar-refractivity contribution in [3.05, 3.63) is 96.3 Å². The lowest BCUT2D eigenvalue weighted by Crippen LogP contribution is -1.95. The predicted octanol–water partition coefficient (Wildman–Crippen LogP) is 5.00. The molecule has 0 saturated heterocycles. The topological polar surface area (TPSA) is 30.7 Å². The van der Waals surface area contributed by atoms with E-state index in [0.29, 0.717) is 12.3 Å². The molecular weight excluding hydrogens is 310 g/mol. The second kappa shape index (κ2) is 6.65. The summed E-state index contributed by atoms with van der Waals surface area (Å²) in [6.07, 6.45) is 2.81. The zero-order valence-electron chi connectivity index (χ0n) is 13.6.